The number of methoxy groups -OCH3 is 1. The Kier molecular flexibility index (Phi) is 4.21. The highest BCUT2D eigenvalue weighted by atomic mass is 32.1. The highest BCUT2D eigenvalue weighted by Gasteiger charge is 2.16. The van der Waals surface area contributed by atoms with E-state index in [1.807, 2.05) is 18.2 Å². The molecule has 0 unspecified atom stereocenters. The lowest BCUT2D eigenvalue weighted by Crippen LogP contribution is -2.33. The summed E-state index contributed by atoms with van der Waals surface area (Å²) in [7, 11) is 1.63. The number of urea groups is 1. The summed E-state index contributed by atoms with van der Waals surface area (Å²) in [5.41, 5.74) is 0.847. The van der Waals surface area contributed by atoms with Crippen LogP contribution in [0.25, 0.3) is 10.2 Å². The van der Waals surface area contributed by atoms with E-state index < -0.39 is 0 Å². The van der Waals surface area contributed by atoms with Gasteiger partial charge in [-0.15, -0.1) is 0 Å². The second-order valence-corrected chi connectivity index (χ2v) is 5.95. The minimum atomic E-state index is -0.229. The number of rotatable bonds is 4. The molecular formula is C14H17N3O3S. The first-order chi connectivity index (χ1) is 10.2. The Balaban J connectivity index is 1.59. The average molecular weight is 307 g/mol. The van der Waals surface area contributed by atoms with Crippen LogP contribution in [0.2, 0.25) is 0 Å². The van der Waals surface area contributed by atoms with Gasteiger partial charge in [0.1, 0.15) is 5.75 Å². The van der Waals surface area contributed by atoms with Crippen molar-refractivity contribution in [2.45, 2.75) is 6.42 Å². The van der Waals surface area contributed by atoms with Gasteiger partial charge in [-0.3, -0.25) is 5.32 Å². The van der Waals surface area contributed by atoms with E-state index in [9.17, 15) is 4.79 Å². The Hall–Kier alpha value is -1.86. The van der Waals surface area contributed by atoms with Crippen molar-refractivity contribution in [3.05, 3.63) is 18.2 Å². The van der Waals surface area contributed by atoms with Crippen molar-refractivity contribution in [2.75, 3.05) is 32.2 Å². The van der Waals surface area contributed by atoms with Crippen LogP contribution in [0, 0.1) is 5.92 Å². The van der Waals surface area contributed by atoms with Crippen LogP contribution >= 0.6 is 11.3 Å². The highest BCUT2D eigenvalue weighted by molar-refractivity contribution is 7.22. The van der Waals surface area contributed by atoms with E-state index in [0.29, 0.717) is 17.6 Å². The second-order valence-electron chi connectivity index (χ2n) is 4.92. The number of hydrogen-bond donors (Lipinski definition) is 2. The molecule has 1 aliphatic rings. The van der Waals surface area contributed by atoms with Gasteiger partial charge in [-0.1, -0.05) is 11.3 Å². The minimum absolute atomic E-state index is 0.229. The predicted octanol–water partition coefficient (Wildman–Crippen LogP) is 2.46. The highest BCUT2D eigenvalue weighted by Crippen LogP contribution is 2.29. The van der Waals surface area contributed by atoms with E-state index in [-0.39, 0.29) is 6.03 Å². The number of amides is 2. The summed E-state index contributed by atoms with van der Waals surface area (Å²) in [5.74, 6) is 1.19. The smallest absolute Gasteiger partial charge is 0.321 e. The van der Waals surface area contributed by atoms with Gasteiger partial charge in [0, 0.05) is 19.1 Å². The zero-order valence-electron chi connectivity index (χ0n) is 11.7. The number of hydrogen-bond acceptors (Lipinski definition) is 5. The molecule has 1 aliphatic heterocycles. The van der Waals surface area contributed by atoms with Crippen molar-refractivity contribution in [1.29, 1.82) is 0 Å². The molecule has 21 heavy (non-hydrogen) atoms. The lowest BCUT2D eigenvalue weighted by atomic mass is 10.1. The first kappa shape index (κ1) is 14.1. The molecule has 0 bridgehead atoms. The predicted molar refractivity (Wildman–Crippen MR) is 82.1 cm³/mol. The first-order valence-corrected chi connectivity index (χ1v) is 7.63. The zero-order chi connectivity index (χ0) is 14.7. The number of nitrogens with zero attached hydrogens (tertiary/aromatic N) is 1. The summed E-state index contributed by atoms with van der Waals surface area (Å²) in [4.78, 5) is 16.2. The van der Waals surface area contributed by atoms with Crippen LogP contribution in [0.4, 0.5) is 9.93 Å². The number of thiazole rings is 1. The van der Waals surface area contributed by atoms with Crippen molar-refractivity contribution in [2.24, 2.45) is 5.92 Å². The molecule has 1 aromatic carbocycles. The van der Waals surface area contributed by atoms with Crippen LogP contribution < -0.4 is 15.4 Å². The molecule has 1 aromatic heterocycles. The summed E-state index contributed by atoms with van der Waals surface area (Å²) < 4.78 is 11.4. The van der Waals surface area contributed by atoms with Gasteiger partial charge in [0.25, 0.3) is 0 Å². The molecule has 0 radical (unpaired) electrons. The zero-order valence-corrected chi connectivity index (χ0v) is 12.5. The molecule has 7 heteroatoms. The Morgan fingerprint density at radius 3 is 3.24 bits per heavy atom. The Labute approximate surface area is 126 Å². The molecule has 2 N–H and O–H groups in total. The largest absolute Gasteiger partial charge is 0.497 e. The van der Waals surface area contributed by atoms with Gasteiger partial charge in [-0.2, -0.15) is 0 Å². The maximum atomic E-state index is 11.8. The van der Waals surface area contributed by atoms with Gasteiger partial charge in [0.15, 0.2) is 5.13 Å². The normalized spacial score (nSPS) is 17.9. The summed E-state index contributed by atoms with van der Waals surface area (Å²) in [6.45, 7) is 2.14. The lowest BCUT2D eigenvalue weighted by molar-refractivity contribution is 0.185. The number of nitrogens with one attached hydrogen (secondary N) is 2. The van der Waals surface area contributed by atoms with Gasteiger partial charge < -0.3 is 14.8 Å². The summed E-state index contributed by atoms with van der Waals surface area (Å²) in [6, 6.07) is 5.41. The fourth-order valence-electron chi connectivity index (χ4n) is 2.21. The number of anilines is 1. The van der Waals surface area contributed by atoms with E-state index in [1.54, 1.807) is 7.11 Å². The molecule has 112 valence electrons. The van der Waals surface area contributed by atoms with Crippen LogP contribution in [0.3, 0.4) is 0 Å². The van der Waals surface area contributed by atoms with E-state index in [4.69, 9.17) is 9.47 Å². The Morgan fingerprint density at radius 2 is 2.48 bits per heavy atom. The van der Waals surface area contributed by atoms with Gasteiger partial charge >= 0.3 is 6.03 Å². The van der Waals surface area contributed by atoms with Gasteiger partial charge in [-0.25, -0.2) is 9.78 Å². The number of ether oxygens (including phenoxy) is 2. The standard InChI is InChI=1S/C14H17N3O3S/c1-19-10-2-3-11-12(6-10)21-14(16-11)17-13(18)15-7-9-4-5-20-8-9/h2-3,6,9H,4-5,7-8H2,1H3,(H2,15,16,17,18)/t9-/m0/s1. The Bertz CT molecular complexity index is 637. The molecule has 3 rings (SSSR count). The van der Waals surface area contributed by atoms with Crippen molar-refractivity contribution in [3.8, 4) is 5.75 Å². The van der Waals surface area contributed by atoms with Gasteiger partial charge in [-0.05, 0) is 24.6 Å². The molecule has 2 amide bonds. The van der Waals surface area contributed by atoms with Crippen LogP contribution in [0.15, 0.2) is 18.2 Å². The van der Waals surface area contributed by atoms with Crippen LogP contribution in [0.1, 0.15) is 6.42 Å². The number of carbonyl (C=O) groups excluding carboxylic acids is 1. The quantitative estimate of drug-likeness (QED) is 0.910. The fraction of sp³-hybridized carbons (Fsp3) is 0.429. The van der Waals surface area contributed by atoms with E-state index in [2.05, 4.69) is 15.6 Å². The lowest BCUT2D eigenvalue weighted by Gasteiger charge is -2.09. The molecular weight excluding hydrogens is 290 g/mol. The van der Waals surface area contributed by atoms with Crippen LogP contribution in [-0.4, -0.2) is 37.9 Å². The number of carbonyl (C=O) groups is 1. The van der Waals surface area contributed by atoms with Crippen molar-refractivity contribution in [1.82, 2.24) is 10.3 Å². The molecule has 0 aliphatic carbocycles. The molecule has 1 saturated heterocycles. The van der Waals surface area contributed by atoms with Gasteiger partial charge in [0.05, 0.1) is 23.9 Å². The molecule has 2 heterocycles. The van der Waals surface area contributed by atoms with Gasteiger partial charge in [0.2, 0.25) is 0 Å². The summed E-state index contributed by atoms with van der Waals surface area (Å²) in [5, 5.41) is 6.20. The molecule has 2 aromatic rings. The topological polar surface area (TPSA) is 72.5 Å². The number of aromatic nitrogens is 1. The third kappa shape index (κ3) is 3.43. The minimum Gasteiger partial charge on any atom is -0.497 e. The average Bonchev–Trinajstić information content (AvgIpc) is 3.13. The maximum absolute atomic E-state index is 11.8. The maximum Gasteiger partial charge on any atom is 0.321 e. The van der Waals surface area contributed by atoms with Crippen molar-refractivity contribution >= 4 is 32.7 Å². The van der Waals surface area contributed by atoms with Crippen molar-refractivity contribution < 1.29 is 14.3 Å². The molecule has 1 atom stereocenters. The number of benzene rings is 1. The van der Waals surface area contributed by atoms with E-state index in [0.717, 1.165) is 35.6 Å². The third-order valence-electron chi connectivity index (χ3n) is 3.39. The van der Waals surface area contributed by atoms with Crippen LogP contribution in [0.5, 0.6) is 5.75 Å². The fourth-order valence-corrected chi connectivity index (χ4v) is 3.10. The molecule has 1 fully saturated rings. The number of fused-ring (bicyclic) bond motifs is 1. The molecule has 6 nitrogen and oxygen atoms in total. The SMILES string of the molecule is COc1ccc2nc(NC(=O)NC[C@@H]3CCOC3)sc2c1. The molecule has 0 saturated carbocycles. The molecule has 0 spiro atoms. The van der Waals surface area contributed by atoms with Crippen molar-refractivity contribution in [3.63, 3.8) is 0 Å². The first-order valence-electron chi connectivity index (χ1n) is 6.82. The summed E-state index contributed by atoms with van der Waals surface area (Å²) in [6.07, 6.45) is 1.00. The Morgan fingerprint density at radius 1 is 1.57 bits per heavy atom. The van der Waals surface area contributed by atoms with Crippen LogP contribution in [-0.2, 0) is 4.74 Å². The monoisotopic (exact) mass is 307 g/mol. The van der Waals surface area contributed by atoms with E-state index >= 15 is 0 Å². The van der Waals surface area contributed by atoms with E-state index in [1.165, 1.54) is 11.3 Å². The summed E-state index contributed by atoms with van der Waals surface area (Å²) >= 11 is 1.43. The third-order valence-corrected chi connectivity index (χ3v) is 4.32. The second kappa shape index (κ2) is 6.28.